The molecule has 4 nitrogen and oxygen atoms in total. The van der Waals surface area contributed by atoms with Crippen LogP contribution in [0.4, 0.5) is 0 Å². The summed E-state index contributed by atoms with van der Waals surface area (Å²) >= 11 is 0. The third kappa shape index (κ3) is 3.46. The molecular weight excluding hydrogens is 214 g/mol. The summed E-state index contributed by atoms with van der Waals surface area (Å²) in [7, 11) is 0. The summed E-state index contributed by atoms with van der Waals surface area (Å²) in [5.41, 5.74) is 0.0866. The average Bonchev–Trinajstić information content (AvgIpc) is 2.59. The van der Waals surface area contributed by atoms with E-state index in [1.54, 1.807) is 9.13 Å². The third-order valence-electron chi connectivity index (χ3n) is 3.09. The topological polar surface area (TPSA) is 39.0 Å². The summed E-state index contributed by atoms with van der Waals surface area (Å²) in [4.78, 5) is 12.1. The molecule has 0 aliphatic carbocycles. The molecule has 0 saturated carbocycles. The van der Waals surface area contributed by atoms with E-state index in [1.165, 1.54) is 0 Å². The standard InChI is InChI=1S/C13H25N3O/c1-6-14-12(10(2)3)9-15-7-8-16(11(4)5)13(15)17/h7-8,10-12,14H,6,9H2,1-5H3. The van der Waals surface area contributed by atoms with Gasteiger partial charge in [-0.05, 0) is 26.3 Å². The molecule has 1 rings (SSSR count). The molecule has 0 aliphatic rings. The van der Waals surface area contributed by atoms with Gasteiger partial charge in [0.15, 0.2) is 0 Å². The molecule has 0 fully saturated rings. The molecule has 98 valence electrons. The fourth-order valence-corrected chi connectivity index (χ4v) is 1.95. The van der Waals surface area contributed by atoms with Gasteiger partial charge in [0.1, 0.15) is 0 Å². The van der Waals surface area contributed by atoms with Crippen LogP contribution in [0.2, 0.25) is 0 Å². The van der Waals surface area contributed by atoms with Crippen LogP contribution in [-0.4, -0.2) is 21.7 Å². The van der Waals surface area contributed by atoms with Crippen molar-refractivity contribution in [2.24, 2.45) is 5.92 Å². The second-order valence-corrected chi connectivity index (χ2v) is 5.14. The Morgan fingerprint density at radius 1 is 1.24 bits per heavy atom. The first-order valence-electron chi connectivity index (χ1n) is 6.48. The molecule has 1 aromatic heterocycles. The van der Waals surface area contributed by atoms with E-state index in [2.05, 4.69) is 26.1 Å². The lowest BCUT2D eigenvalue weighted by Crippen LogP contribution is -2.40. The number of hydrogen-bond acceptors (Lipinski definition) is 2. The molecule has 1 aromatic rings. The molecule has 0 saturated heterocycles. The zero-order valence-electron chi connectivity index (χ0n) is 11.6. The predicted octanol–water partition coefficient (Wildman–Crippen LogP) is 1.86. The summed E-state index contributed by atoms with van der Waals surface area (Å²) < 4.78 is 3.57. The fraction of sp³-hybridized carbons (Fsp3) is 0.769. The van der Waals surface area contributed by atoms with E-state index in [9.17, 15) is 4.79 Å². The summed E-state index contributed by atoms with van der Waals surface area (Å²) in [6, 6.07) is 0.570. The Balaban J connectivity index is 2.83. The summed E-state index contributed by atoms with van der Waals surface area (Å²) in [5, 5.41) is 3.43. The number of nitrogens with one attached hydrogen (secondary N) is 1. The van der Waals surface area contributed by atoms with Gasteiger partial charge in [-0.2, -0.15) is 0 Å². The highest BCUT2D eigenvalue weighted by Crippen LogP contribution is 2.05. The molecule has 1 atom stereocenters. The first-order valence-corrected chi connectivity index (χ1v) is 6.48. The molecule has 1 heterocycles. The second kappa shape index (κ2) is 6.05. The monoisotopic (exact) mass is 239 g/mol. The summed E-state index contributed by atoms with van der Waals surface area (Å²) in [6.45, 7) is 12.2. The van der Waals surface area contributed by atoms with E-state index in [0.29, 0.717) is 12.0 Å². The van der Waals surface area contributed by atoms with Gasteiger partial charge in [0.05, 0.1) is 0 Å². The number of aromatic nitrogens is 2. The summed E-state index contributed by atoms with van der Waals surface area (Å²) in [6.07, 6.45) is 3.76. The largest absolute Gasteiger partial charge is 0.328 e. The van der Waals surface area contributed by atoms with Crippen LogP contribution in [0.5, 0.6) is 0 Å². The SMILES string of the molecule is CCNC(Cn1ccn(C(C)C)c1=O)C(C)C. The van der Waals surface area contributed by atoms with Gasteiger partial charge in [0.2, 0.25) is 0 Å². The van der Waals surface area contributed by atoms with Crippen molar-refractivity contribution in [2.45, 2.75) is 53.2 Å². The molecule has 1 N–H and O–H groups in total. The van der Waals surface area contributed by atoms with Crippen molar-refractivity contribution in [1.82, 2.24) is 14.5 Å². The fourth-order valence-electron chi connectivity index (χ4n) is 1.95. The van der Waals surface area contributed by atoms with Gasteiger partial charge < -0.3 is 5.32 Å². The van der Waals surface area contributed by atoms with Gasteiger partial charge in [-0.1, -0.05) is 20.8 Å². The van der Waals surface area contributed by atoms with Gasteiger partial charge in [0.25, 0.3) is 0 Å². The highest BCUT2D eigenvalue weighted by Gasteiger charge is 2.15. The van der Waals surface area contributed by atoms with Crippen LogP contribution in [0.15, 0.2) is 17.2 Å². The smallest absolute Gasteiger partial charge is 0.312 e. The van der Waals surface area contributed by atoms with Crippen molar-refractivity contribution in [3.8, 4) is 0 Å². The minimum atomic E-state index is 0.0866. The number of nitrogens with zero attached hydrogens (tertiary/aromatic N) is 2. The number of imidazole rings is 1. The normalized spacial score (nSPS) is 13.6. The molecule has 0 aliphatic heterocycles. The molecule has 0 radical (unpaired) electrons. The van der Waals surface area contributed by atoms with Crippen LogP contribution in [-0.2, 0) is 6.54 Å². The van der Waals surface area contributed by atoms with Crippen molar-refractivity contribution in [2.75, 3.05) is 6.54 Å². The molecule has 0 bridgehead atoms. The Morgan fingerprint density at radius 3 is 2.29 bits per heavy atom. The lowest BCUT2D eigenvalue weighted by molar-refractivity contribution is 0.356. The minimum absolute atomic E-state index is 0.0866. The van der Waals surface area contributed by atoms with Crippen LogP contribution < -0.4 is 11.0 Å². The molecular formula is C13H25N3O. The predicted molar refractivity (Wildman–Crippen MR) is 71.4 cm³/mol. The van der Waals surface area contributed by atoms with Crippen LogP contribution in [0.3, 0.4) is 0 Å². The highest BCUT2D eigenvalue weighted by molar-refractivity contribution is 4.86. The number of hydrogen-bond donors (Lipinski definition) is 1. The Morgan fingerprint density at radius 2 is 1.88 bits per heavy atom. The zero-order valence-corrected chi connectivity index (χ0v) is 11.6. The number of rotatable bonds is 6. The van der Waals surface area contributed by atoms with Gasteiger partial charge in [-0.15, -0.1) is 0 Å². The Kier molecular flexibility index (Phi) is 5.00. The Labute approximate surface area is 104 Å². The molecule has 0 aromatic carbocycles. The maximum Gasteiger partial charge on any atom is 0.328 e. The second-order valence-electron chi connectivity index (χ2n) is 5.14. The van der Waals surface area contributed by atoms with E-state index < -0.39 is 0 Å². The van der Waals surface area contributed by atoms with Crippen molar-refractivity contribution >= 4 is 0 Å². The van der Waals surface area contributed by atoms with Crippen LogP contribution >= 0.6 is 0 Å². The van der Waals surface area contributed by atoms with Crippen molar-refractivity contribution in [1.29, 1.82) is 0 Å². The lowest BCUT2D eigenvalue weighted by Gasteiger charge is -2.21. The first kappa shape index (κ1) is 14.0. The molecule has 1 unspecified atom stereocenters. The van der Waals surface area contributed by atoms with E-state index in [1.807, 2.05) is 26.2 Å². The van der Waals surface area contributed by atoms with Crippen molar-refractivity contribution in [3.05, 3.63) is 22.9 Å². The first-order chi connectivity index (χ1) is 7.97. The van der Waals surface area contributed by atoms with Crippen LogP contribution in [0, 0.1) is 5.92 Å². The number of likely N-dealkylation sites (N-methyl/N-ethyl adjacent to an activating group) is 1. The summed E-state index contributed by atoms with van der Waals surface area (Å²) in [5.74, 6) is 0.518. The highest BCUT2D eigenvalue weighted by atomic mass is 16.1. The van der Waals surface area contributed by atoms with E-state index in [0.717, 1.165) is 13.1 Å². The maximum absolute atomic E-state index is 12.1. The van der Waals surface area contributed by atoms with Crippen LogP contribution in [0.25, 0.3) is 0 Å². The third-order valence-corrected chi connectivity index (χ3v) is 3.09. The van der Waals surface area contributed by atoms with Gasteiger partial charge in [0, 0.05) is 31.0 Å². The van der Waals surface area contributed by atoms with E-state index in [4.69, 9.17) is 0 Å². The quantitative estimate of drug-likeness (QED) is 0.823. The molecule has 0 spiro atoms. The van der Waals surface area contributed by atoms with E-state index >= 15 is 0 Å². The van der Waals surface area contributed by atoms with Crippen molar-refractivity contribution < 1.29 is 0 Å². The minimum Gasteiger partial charge on any atom is -0.312 e. The van der Waals surface area contributed by atoms with Gasteiger partial charge in [-0.3, -0.25) is 9.13 Å². The Hall–Kier alpha value is -1.03. The zero-order chi connectivity index (χ0) is 13.0. The average molecular weight is 239 g/mol. The van der Waals surface area contributed by atoms with E-state index in [-0.39, 0.29) is 11.7 Å². The van der Waals surface area contributed by atoms with Crippen molar-refractivity contribution in [3.63, 3.8) is 0 Å². The van der Waals surface area contributed by atoms with Crippen LogP contribution in [0.1, 0.15) is 40.7 Å². The van der Waals surface area contributed by atoms with Gasteiger partial charge in [-0.25, -0.2) is 4.79 Å². The molecule has 4 heteroatoms. The maximum atomic E-state index is 12.1. The molecule has 17 heavy (non-hydrogen) atoms. The lowest BCUT2D eigenvalue weighted by atomic mass is 10.0. The Bertz CT molecular complexity index is 390. The van der Waals surface area contributed by atoms with Gasteiger partial charge >= 0.3 is 5.69 Å². The molecule has 0 amide bonds.